The molecule has 0 amide bonds. The van der Waals surface area contributed by atoms with Gasteiger partial charge >= 0.3 is 52.0 Å². The molecule has 0 rings (SSSR count). The molecule has 0 bridgehead atoms. The van der Waals surface area contributed by atoms with Gasteiger partial charge in [0.15, 0.2) is 0 Å². The Balaban J connectivity index is -0.0000000457. The van der Waals surface area contributed by atoms with E-state index in [4.69, 9.17) is 0 Å². The molecule has 304 valence electrons. The molecule has 0 aliphatic rings. The third-order valence-corrected chi connectivity index (χ3v) is 4.17. The van der Waals surface area contributed by atoms with Gasteiger partial charge in [-0.2, -0.15) is 52.4 Å². The van der Waals surface area contributed by atoms with Crippen molar-refractivity contribution in [3.8, 4) is 0 Å². The minimum atomic E-state index is 0. The Morgan fingerprint density at radius 2 is 0.320 bits per heavy atom. The van der Waals surface area contributed by atoms with E-state index in [1.54, 1.807) is 0 Å². The average molecular weight is 959 g/mol. The predicted molar refractivity (Wildman–Crippen MR) is 232 cm³/mol. The maximum Gasteiger partial charge on any atom is 4.00 e. The van der Waals surface area contributed by atoms with E-state index >= 15 is 0 Å². The first-order valence-corrected chi connectivity index (χ1v) is 19.5. The Hall–Kier alpha value is 1.43. The van der Waals surface area contributed by atoms with E-state index in [1.165, 1.54) is 0 Å². The zero-order chi connectivity index (χ0) is 39.9. The molecular weight excluding hydrogens is 862 g/mol. The summed E-state index contributed by atoms with van der Waals surface area (Å²) in [5, 5.41) is 33.0. The molecule has 0 saturated carbocycles. The van der Waals surface area contributed by atoms with Crippen LogP contribution >= 0.6 is 0 Å². The topological polar surface area (TPSA) is 113 Å². The third-order valence-electron chi connectivity index (χ3n) is 4.17. The van der Waals surface area contributed by atoms with Gasteiger partial charge in [-0.05, 0) is 0 Å². The summed E-state index contributed by atoms with van der Waals surface area (Å²) in [7, 11) is 0. The van der Waals surface area contributed by atoms with Crippen molar-refractivity contribution in [1.82, 2.24) is 0 Å². The second-order valence-electron chi connectivity index (χ2n) is 12.8. The van der Waals surface area contributed by atoms with Gasteiger partial charge in [-0.25, -0.2) is 0 Å². The van der Waals surface area contributed by atoms with Crippen LogP contribution in [-0.4, -0.2) is 101 Å². The first kappa shape index (κ1) is 76.2. The Labute approximate surface area is 359 Å². The Kier molecular flexibility index (Phi) is 109. The van der Waals surface area contributed by atoms with E-state index in [0.29, 0.717) is 48.3 Å². The molecule has 10 heteroatoms. The molecule has 0 unspecified atom stereocenters. The van der Waals surface area contributed by atoms with E-state index < -0.39 is 0 Å². The van der Waals surface area contributed by atoms with Gasteiger partial charge in [0.05, 0.1) is 0 Å². The van der Waals surface area contributed by atoms with E-state index in [1.807, 2.05) is 55.4 Å². The summed E-state index contributed by atoms with van der Waals surface area (Å²) < 4.78 is 0. The summed E-state index contributed by atoms with van der Waals surface area (Å²) in [5.74, 6) is 0. The van der Waals surface area contributed by atoms with Crippen molar-refractivity contribution in [3.63, 3.8) is 0 Å². The van der Waals surface area contributed by atoms with Crippen molar-refractivity contribution in [2.75, 3.05) is 52.4 Å². The summed E-state index contributed by atoms with van der Waals surface area (Å²) in [6, 6.07) is 4.00. The summed E-state index contributed by atoms with van der Waals surface area (Å²) in [4.78, 5) is 0. The summed E-state index contributed by atoms with van der Waals surface area (Å²) in [6.45, 7) is 57.7. The zero-order valence-corrected chi connectivity index (χ0v) is 44.9. The molecule has 0 atom stereocenters. The average Bonchev–Trinajstić information content (AvgIpc) is 2.90. The number of hydrogen-bond donors (Lipinski definition) is 0. The second-order valence-corrected chi connectivity index (χ2v) is 12.8. The summed E-state index contributed by atoms with van der Waals surface area (Å²) in [6.07, 6.45) is 0. The first-order chi connectivity index (χ1) is 22.2. The fourth-order valence-electron chi connectivity index (χ4n) is 3.28. The van der Waals surface area contributed by atoms with Crippen molar-refractivity contribution < 1.29 is 52.0 Å². The minimum absolute atomic E-state index is 0. The van der Waals surface area contributed by atoms with E-state index in [2.05, 4.69) is 153 Å². The molecule has 0 heterocycles. The van der Waals surface area contributed by atoms with Gasteiger partial charge in [0.1, 0.15) is 0 Å². The van der Waals surface area contributed by atoms with Crippen LogP contribution in [0.4, 0.5) is 0 Å². The van der Waals surface area contributed by atoms with Crippen LogP contribution in [-0.2, 0) is 52.0 Å². The van der Waals surface area contributed by atoms with Crippen LogP contribution < -0.4 is 0 Å². The quantitative estimate of drug-likeness (QED) is 0.137. The Morgan fingerprint density at radius 3 is 0.320 bits per heavy atom. The van der Waals surface area contributed by atoms with Crippen molar-refractivity contribution in [1.29, 1.82) is 0 Å². The van der Waals surface area contributed by atoms with Crippen LogP contribution in [0, 0.1) is 0 Å². The molecule has 50 heavy (non-hydrogen) atoms. The van der Waals surface area contributed by atoms with E-state index in [-0.39, 0.29) is 52.0 Å². The second kappa shape index (κ2) is 71.8. The van der Waals surface area contributed by atoms with Crippen molar-refractivity contribution >= 4 is 0 Å². The number of rotatable bonds is 16. The molecular formula is C40H96HfN8Zr. The molecule has 0 aliphatic carbocycles. The molecule has 0 aromatic carbocycles. The van der Waals surface area contributed by atoms with Crippen molar-refractivity contribution in [2.45, 2.75) is 215 Å². The van der Waals surface area contributed by atoms with Gasteiger partial charge in [-0.1, -0.05) is 166 Å². The molecule has 0 aromatic rings. The standard InChI is InChI=1S/4C6H14N.4C4H10N.Hf.Zr/c4*1-5(2)7-6(3)4;4*1-3-5-4-2;;/h4*5-6H,1-4H3;4*3-4H2,1-2H3;;/q8*-1;2*+4. The van der Waals surface area contributed by atoms with Crippen LogP contribution in [0.25, 0.3) is 42.5 Å². The maximum absolute atomic E-state index is 4.28. The van der Waals surface area contributed by atoms with Crippen LogP contribution in [0.5, 0.6) is 0 Å². The number of nitrogens with zero attached hydrogens (tertiary/aromatic N) is 8. The molecule has 8 nitrogen and oxygen atoms in total. The van der Waals surface area contributed by atoms with Crippen LogP contribution in [0.3, 0.4) is 0 Å². The minimum Gasteiger partial charge on any atom is -0.663 e. The summed E-state index contributed by atoms with van der Waals surface area (Å²) in [5.41, 5.74) is 0. The molecule has 0 spiro atoms. The molecule has 0 radical (unpaired) electrons. The molecule has 0 fully saturated rings. The van der Waals surface area contributed by atoms with E-state index in [9.17, 15) is 0 Å². The van der Waals surface area contributed by atoms with Gasteiger partial charge in [0.25, 0.3) is 0 Å². The van der Waals surface area contributed by atoms with Crippen LogP contribution in [0.15, 0.2) is 0 Å². The largest absolute Gasteiger partial charge is 4.00 e. The monoisotopic (exact) mass is 959 g/mol. The Morgan fingerprint density at radius 1 is 0.240 bits per heavy atom. The van der Waals surface area contributed by atoms with Crippen molar-refractivity contribution in [3.05, 3.63) is 42.5 Å². The molecule has 0 N–H and O–H groups in total. The van der Waals surface area contributed by atoms with Gasteiger partial charge in [-0.3, -0.25) is 0 Å². The maximum atomic E-state index is 4.28. The molecule has 0 aliphatic heterocycles. The van der Waals surface area contributed by atoms with Gasteiger partial charge in [0.2, 0.25) is 0 Å². The van der Waals surface area contributed by atoms with Gasteiger partial charge < -0.3 is 42.5 Å². The van der Waals surface area contributed by atoms with Crippen molar-refractivity contribution in [2.24, 2.45) is 0 Å². The zero-order valence-electron chi connectivity index (χ0n) is 38.9. The van der Waals surface area contributed by atoms with E-state index in [0.717, 1.165) is 52.4 Å². The summed E-state index contributed by atoms with van der Waals surface area (Å²) >= 11 is 0. The smallest absolute Gasteiger partial charge is 0.663 e. The van der Waals surface area contributed by atoms with Crippen LogP contribution in [0.2, 0.25) is 0 Å². The number of hydrogen-bond acceptors (Lipinski definition) is 0. The Bertz CT molecular complexity index is 343. The van der Waals surface area contributed by atoms with Gasteiger partial charge in [0, 0.05) is 0 Å². The first-order valence-electron chi connectivity index (χ1n) is 19.5. The SMILES string of the molecule is CC(C)[N-]C(C)C.CC(C)[N-]C(C)C.CC(C)[N-]C(C)C.CC(C)[N-]C(C)C.CC[N-]CC.CC[N-]CC.CC[N-]CC.CC[N-]CC.[Hf+4].[Zr+4]. The predicted octanol–water partition coefficient (Wildman–Crippen LogP) is 14.3. The third kappa shape index (κ3) is 179. The fourth-order valence-corrected chi connectivity index (χ4v) is 3.28. The van der Waals surface area contributed by atoms with Gasteiger partial charge in [-0.15, -0.1) is 48.3 Å². The fraction of sp³-hybridized carbons (Fsp3) is 1.00. The normalized spacial score (nSPS) is 9.60. The van der Waals surface area contributed by atoms with Crippen LogP contribution in [0.1, 0.15) is 166 Å². The molecule has 0 aromatic heterocycles. The molecule has 0 saturated heterocycles.